The van der Waals surface area contributed by atoms with Crippen LogP contribution in [0.5, 0.6) is 0 Å². The lowest BCUT2D eigenvalue weighted by atomic mass is 10.1. The number of aromatic nitrogens is 2. The zero-order chi connectivity index (χ0) is 21.6. The molecule has 31 heavy (non-hydrogen) atoms. The van der Waals surface area contributed by atoms with E-state index < -0.39 is 0 Å². The molecule has 0 saturated heterocycles. The van der Waals surface area contributed by atoms with Crippen molar-refractivity contribution in [1.29, 1.82) is 0 Å². The van der Waals surface area contributed by atoms with Crippen LogP contribution < -0.4 is 5.32 Å². The van der Waals surface area contributed by atoms with Gasteiger partial charge in [0.05, 0.1) is 11.9 Å². The molecule has 0 radical (unpaired) electrons. The SMILES string of the molecule is O=C(C=Cc1ccccc1Cl)NCc1ccc(-c2ncc(-c3ccc(F)cc3)[nH]2)cc1. The third-order valence-electron chi connectivity index (χ3n) is 4.74. The Kier molecular flexibility index (Phi) is 6.24. The highest BCUT2D eigenvalue weighted by atomic mass is 35.5. The van der Waals surface area contributed by atoms with Crippen LogP contribution in [0.25, 0.3) is 28.7 Å². The summed E-state index contributed by atoms with van der Waals surface area (Å²) in [6.45, 7) is 0.408. The average molecular weight is 432 g/mol. The Morgan fingerprint density at radius 3 is 2.45 bits per heavy atom. The van der Waals surface area contributed by atoms with Crippen LogP contribution in [0.1, 0.15) is 11.1 Å². The summed E-state index contributed by atoms with van der Waals surface area (Å²) in [7, 11) is 0. The fraction of sp³-hybridized carbons (Fsp3) is 0.0400. The highest BCUT2D eigenvalue weighted by molar-refractivity contribution is 6.32. The quantitative estimate of drug-likeness (QED) is 0.375. The summed E-state index contributed by atoms with van der Waals surface area (Å²) in [4.78, 5) is 19.7. The second kappa shape index (κ2) is 9.41. The van der Waals surface area contributed by atoms with Crippen LogP contribution >= 0.6 is 11.6 Å². The lowest BCUT2D eigenvalue weighted by Crippen LogP contribution is -2.20. The van der Waals surface area contributed by atoms with Gasteiger partial charge < -0.3 is 10.3 Å². The molecule has 0 fully saturated rings. The molecule has 2 N–H and O–H groups in total. The molecule has 6 heteroatoms. The molecule has 1 heterocycles. The maximum Gasteiger partial charge on any atom is 0.244 e. The Morgan fingerprint density at radius 2 is 1.71 bits per heavy atom. The molecule has 4 rings (SSSR count). The predicted octanol–water partition coefficient (Wildman–Crippen LogP) is 5.87. The lowest BCUT2D eigenvalue weighted by molar-refractivity contribution is -0.116. The van der Waals surface area contributed by atoms with Crippen LogP contribution in [0.15, 0.2) is 85.1 Å². The zero-order valence-corrected chi connectivity index (χ0v) is 17.2. The van der Waals surface area contributed by atoms with Crippen LogP contribution in [0.3, 0.4) is 0 Å². The molecule has 0 aliphatic carbocycles. The standard InChI is InChI=1S/C25H19ClFN3O/c26-22-4-2-1-3-18(22)11-14-24(31)28-15-17-5-7-20(8-6-17)25-29-16-23(30-25)19-9-12-21(27)13-10-19/h1-14,16H,15H2,(H,28,31)(H,29,30). The minimum absolute atomic E-state index is 0.195. The Labute approximate surface area is 184 Å². The topological polar surface area (TPSA) is 57.8 Å². The molecule has 0 aliphatic rings. The van der Waals surface area contributed by atoms with Crippen molar-refractivity contribution in [2.24, 2.45) is 0 Å². The van der Waals surface area contributed by atoms with Gasteiger partial charge in [0.2, 0.25) is 5.91 Å². The highest BCUT2D eigenvalue weighted by Crippen LogP contribution is 2.22. The highest BCUT2D eigenvalue weighted by Gasteiger charge is 2.06. The van der Waals surface area contributed by atoms with E-state index in [1.807, 2.05) is 42.5 Å². The van der Waals surface area contributed by atoms with Crippen molar-refractivity contribution in [3.63, 3.8) is 0 Å². The van der Waals surface area contributed by atoms with Gasteiger partial charge in [0.25, 0.3) is 0 Å². The van der Waals surface area contributed by atoms with E-state index in [0.29, 0.717) is 11.6 Å². The summed E-state index contributed by atoms with van der Waals surface area (Å²) >= 11 is 6.08. The van der Waals surface area contributed by atoms with E-state index in [-0.39, 0.29) is 11.7 Å². The molecule has 1 amide bonds. The van der Waals surface area contributed by atoms with E-state index in [1.165, 1.54) is 18.2 Å². The first kappa shape index (κ1) is 20.6. The van der Waals surface area contributed by atoms with Gasteiger partial charge in [-0.1, -0.05) is 54.1 Å². The summed E-state index contributed by atoms with van der Waals surface area (Å²) in [5.74, 6) is 0.252. The van der Waals surface area contributed by atoms with Crippen LogP contribution in [-0.2, 0) is 11.3 Å². The maximum absolute atomic E-state index is 13.1. The number of imidazole rings is 1. The second-order valence-electron chi connectivity index (χ2n) is 6.92. The van der Waals surface area contributed by atoms with E-state index >= 15 is 0 Å². The number of rotatable bonds is 6. The zero-order valence-electron chi connectivity index (χ0n) is 16.5. The number of hydrogen-bond acceptors (Lipinski definition) is 2. The van der Waals surface area contributed by atoms with Gasteiger partial charge in [0.15, 0.2) is 0 Å². The van der Waals surface area contributed by atoms with Crippen LogP contribution in [0.4, 0.5) is 4.39 Å². The van der Waals surface area contributed by atoms with Gasteiger partial charge in [0.1, 0.15) is 11.6 Å². The number of benzene rings is 3. The molecular weight excluding hydrogens is 413 g/mol. The van der Waals surface area contributed by atoms with E-state index in [0.717, 1.165) is 33.8 Å². The molecule has 0 unspecified atom stereocenters. The molecular formula is C25H19ClFN3O. The summed E-state index contributed by atoms with van der Waals surface area (Å²) in [5, 5.41) is 3.45. The summed E-state index contributed by atoms with van der Waals surface area (Å²) in [6, 6.07) is 21.3. The Bertz CT molecular complexity index is 1210. The molecule has 1 aromatic heterocycles. The first-order valence-corrected chi connectivity index (χ1v) is 10.1. The minimum Gasteiger partial charge on any atom is -0.348 e. The number of nitrogens with zero attached hydrogens (tertiary/aromatic N) is 1. The maximum atomic E-state index is 13.1. The van der Waals surface area contributed by atoms with E-state index in [2.05, 4.69) is 15.3 Å². The number of nitrogens with one attached hydrogen (secondary N) is 2. The number of H-pyrrole nitrogens is 1. The van der Waals surface area contributed by atoms with E-state index in [4.69, 9.17) is 11.6 Å². The molecule has 0 saturated carbocycles. The van der Waals surface area contributed by atoms with Gasteiger partial charge in [0, 0.05) is 23.2 Å². The van der Waals surface area contributed by atoms with Gasteiger partial charge in [-0.3, -0.25) is 4.79 Å². The van der Waals surface area contributed by atoms with Crippen molar-refractivity contribution in [1.82, 2.24) is 15.3 Å². The third kappa shape index (κ3) is 5.27. The first-order chi connectivity index (χ1) is 15.1. The number of carbonyl (C=O) groups excluding carboxylic acids is 1. The number of carbonyl (C=O) groups is 1. The molecule has 4 aromatic rings. The fourth-order valence-corrected chi connectivity index (χ4v) is 3.25. The normalized spacial score (nSPS) is 11.0. The van der Waals surface area contributed by atoms with Crippen molar-refractivity contribution in [3.8, 4) is 22.6 Å². The van der Waals surface area contributed by atoms with Crippen molar-refractivity contribution in [2.45, 2.75) is 6.54 Å². The van der Waals surface area contributed by atoms with E-state index in [1.54, 1.807) is 30.5 Å². The van der Waals surface area contributed by atoms with E-state index in [9.17, 15) is 9.18 Å². The number of hydrogen-bond donors (Lipinski definition) is 2. The van der Waals surface area contributed by atoms with Crippen molar-refractivity contribution < 1.29 is 9.18 Å². The summed E-state index contributed by atoms with van der Waals surface area (Å²) < 4.78 is 13.1. The minimum atomic E-state index is -0.273. The monoisotopic (exact) mass is 431 g/mol. The molecule has 0 bridgehead atoms. The van der Waals surface area contributed by atoms with Crippen LogP contribution in [-0.4, -0.2) is 15.9 Å². The van der Waals surface area contributed by atoms with Gasteiger partial charge in [-0.05, 0) is 53.1 Å². The third-order valence-corrected chi connectivity index (χ3v) is 5.09. The van der Waals surface area contributed by atoms with Crippen LogP contribution in [0, 0.1) is 5.82 Å². The van der Waals surface area contributed by atoms with Crippen molar-refractivity contribution >= 4 is 23.6 Å². The molecule has 0 aliphatic heterocycles. The smallest absolute Gasteiger partial charge is 0.244 e. The fourth-order valence-electron chi connectivity index (χ4n) is 3.05. The molecule has 0 spiro atoms. The van der Waals surface area contributed by atoms with Crippen molar-refractivity contribution in [2.75, 3.05) is 0 Å². The first-order valence-electron chi connectivity index (χ1n) is 9.69. The average Bonchev–Trinajstić information content (AvgIpc) is 3.28. The Morgan fingerprint density at radius 1 is 1.00 bits per heavy atom. The molecule has 0 atom stereocenters. The van der Waals surface area contributed by atoms with Crippen LogP contribution in [0.2, 0.25) is 5.02 Å². The second-order valence-corrected chi connectivity index (χ2v) is 7.33. The summed E-state index contributed by atoms with van der Waals surface area (Å²) in [5.41, 5.74) is 4.36. The van der Waals surface area contributed by atoms with Gasteiger partial charge in [-0.2, -0.15) is 0 Å². The summed E-state index contributed by atoms with van der Waals surface area (Å²) in [6.07, 6.45) is 4.88. The van der Waals surface area contributed by atoms with Crippen molar-refractivity contribution in [3.05, 3.63) is 107 Å². The molecule has 154 valence electrons. The Hall–Kier alpha value is -3.70. The molecule has 3 aromatic carbocycles. The van der Waals surface area contributed by atoms with Gasteiger partial charge >= 0.3 is 0 Å². The Balaban J connectivity index is 1.36. The number of aromatic amines is 1. The van der Waals surface area contributed by atoms with Gasteiger partial charge in [-0.15, -0.1) is 0 Å². The number of halogens is 2. The number of amides is 1. The predicted molar refractivity (Wildman–Crippen MR) is 122 cm³/mol. The molecule has 4 nitrogen and oxygen atoms in total. The lowest BCUT2D eigenvalue weighted by Gasteiger charge is -2.04. The van der Waals surface area contributed by atoms with Gasteiger partial charge in [-0.25, -0.2) is 9.37 Å². The largest absolute Gasteiger partial charge is 0.348 e.